The van der Waals surface area contributed by atoms with Crippen LogP contribution in [-0.4, -0.2) is 26.1 Å². The normalized spacial score (nSPS) is 34.7. The van der Waals surface area contributed by atoms with E-state index in [0.717, 1.165) is 0 Å². The third kappa shape index (κ3) is 3.83. The Morgan fingerprint density at radius 2 is 2.04 bits per heavy atom. The maximum Gasteiger partial charge on any atom is 0.416 e. The van der Waals surface area contributed by atoms with Crippen molar-refractivity contribution in [3.63, 3.8) is 0 Å². The molecule has 1 aliphatic heterocycles. The lowest BCUT2D eigenvalue weighted by Crippen LogP contribution is -2.39. The molecule has 3 atom stereocenters. The van der Waals surface area contributed by atoms with E-state index in [9.17, 15) is 26.4 Å². The zero-order valence-corrected chi connectivity index (χ0v) is 14.5. The highest BCUT2D eigenvalue weighted by Crippen LogP contribution is 2.42. The van der Waals surface area contributed by atoms with Gasteiger partial charge in [-0.3, -0.25) is 8.98 Å². The highest BCUT2D eigenvalue weighted by atomic mass is 32.2. The molecule has 0 spiro atoms. The molecule has 3 rings (SSSR count). The SMILES string of the molecule is [2H]C1=C([2H])C([2H])C(OS(C)(=O)=O)(C2=C(N([2H])[2H])OC(c3c([2H])c([2H])c(C(F)(F)F)c([2H])c3[2H])C2=O)C([2H])=C1[2H]. The summed E-state index contributed by atoms with van der Waals surface area (Å²) in [7, 11) is -4.82. The van der Waals surface area contributed by atoms with Crippen LogP contribution in [0.25, 0.3) is 0 Å². The molecule has 1 aliphatic carbocycles. The third-order valence-corrected chi connectivity index (χ3v) is 4.00. The largest absolute Gasteiger partial charge is 0.462 e. The smallest absolute Gasteiger partial charge is 0.416 e. The number of Topliss-reactive ketones (excluding diaryl/α,β-unsaturated/α-hetero) is 1. The van der Waals surface area contributed by atoms with E-state index in [1.807, 2.05) is 0 Å². The van der Waals surface area contributed by atoms with Crippen LogP contribution in [0.1, 0.15) is 36.0 Å². The van der Waals surface area contributed by atoms with Crippen molar-refractivity contribution in [2.75, 3.05) is 6.26 Å². The number of alkyl halides is 3. The predicted molar refractivity (Wildman–Crippen MR) is 93.0 cm³/mol. The Kier molecular flexibility index (Phi) is 2.49. The minimum absolute atomic E-state index is 0.400. The van der Waals surface area contributed by atoms with E-state index in [1.54, 1.807) is 0 Å². The molecule has 2 aliphatic rings. The van der Waals surface area contributed by atoms with Crippen LogP contribution < -0.4 is 5.72 Å². The van der Waals surface area contributed by atoms with E-state index in [2.05, 4.69) is 0 Å². The number of nitrogens with two attached hydrogens (primary N) is 1. The average molecular weight is 426 g/mol. The first-order chi connectivity index (χ1) is 17.6. The van der Waals surface area contributed by atoms with E-state index < -0.39 is 117 Å². The Balaban J connectivity index is 2.39. The van der Waals surface area contributed by atoms with Crippen molar-refractivity contribution in [1.82, 2.24) is 0 Å². The van der Waals surface area contributed by atoms with E-state index in [-0.39, 0.29) is 0 Å². The van der Waals surface area contributed by atoms with Crippen LogP contribution in [-0.2, 0) is 30.0 Å². The zero-order chi connectivity index (χ0) is 30.2. The van der Waals surface area contributed by atoms with E-state index in [1.165, 1.54) is 0 Å². The summed E-state index contributed by atoms with van der Waals surface area (Å²) in [6, 6.07) is -10.8. The van der Waals surface area contributed by atoms with Gasteiger partial charge in [0.2, 0.25) is 5.78 Å². The van der Waals surface area contributed by atoms with Crippen LogP contribution in [0.3, 0.4) is 0 Å². The van der Waals surface area contributed by atoms with E-state index in [0.29, 0.717) is 6.26 Å². The number of hydrogen-bond donors (Lipinski definition) is 1. The Morgan fingerprint density at radius 1 is 1.36 bits per heavy atom. The minimum Gasteiger partial charge on any atom is -0.462 e. The lowest BCUT2D eigenvalue weighted by molar-refractivity contribution is -0.137. The molecular weight excluding hydrogens is 399 g/mol. The predicted octanol–water partition coefficient (Wildman–Crippen LogP) is 2.75. The lowest BCUT2D eigenvalue weighted by atomic mass is 9.83. The number of hydrogen-bond acceptors (Lipinski definition) is 6. The molecule has 0 radical (unpaired) electrons. The maximum absolute atomic E-state index is 13.7. The average Bonchev–Trinajstić information content (AvgIpc) is 3.14. The fourth-order valence-electron chi connectivity index (χ4n) is 2.38. The summed E-state index contributed by atoms with van der Waals surface area (Å²) in [5.41, 5.74) is -8.22. The molecule has 1 aromatic carbocycles. The summed E-state index contributed by atoms with van der Waals surface area (Å²) >= 11 is 0. The fraction of sp³-hybridized carbons (Fsp3) is 0.278. The first kappa shape index (κ1) is 10.3. The number of ether oxygens (including phenoxy) is 1. The number of carbonyl (C=O) groups is 1. The summed E-state index contributed by atoms with van der Waals surface area (Å²) < 4.78 is 162. The van der Waals surface area contributed by atoms with Gasteiger partial charge in [0.25, 0.3) is 10.1 Å². The van der Waals surface area contributed by atoms with Gasteiger partial charge >= 0.3 is 6.18 Å². The highest BCUT2D eigenvalue weighted by molar-refractivity contribution is 7.86. The molecule has 0 bridgehead atoms. The molecule has 0 aromatic heterocycles. The number of halogens is 3. The van der Waals surface area contributed by atoms with Crippen molar-refractivity contribution in [2.45, 2.75) is 24.3 Å². The van der Waals surface area contributed by atoms with Gasteiger partial charge in [-0.05, 0) is 18.1 Å². The summed E-state index contributed by atoms with van der Waals surface area (Å²) in [5.74, 6) is -2.96. The van der Waals surface area contributed by atoms with Crippen LogP contribution in [0.4, 0.5) is 13.2 Å². The summed E-state index contributed by atoms with van der Waals surface area (Å²) in [5, 5.41) is 0. The molecule has 6 nitrogen and oxygen atoms in total. The molecule has 1 aromatic rings. The van der Waals surface area contributed by atoms with Gasteiger partial charge in [0, 0.05) is 13.3 Å². The van der Waals surface area contributed by atoms with Crippen molar-refractivity contribution in [3.05, 3.63) is 71.0 Å². The summed E-state index contributed by atoms with van der Waals surface area (Å²) in [4.78, 5) is 13.7. The van der Waals surface area contributed by atoms with Gasteiger partial charge < -0.3 is 10.5 Å². The Bertz CT molecular complexity index is 1460. The second-order valence-electron chi connectivity index (χ2n) is 5.52. The Morgan fingerprint density at radius 3 is 2.61 bits per heavy atom. The van der Waals surface area contributed by atoms with Crippen molar-refractivity contribution >= 4 is 15.9 Å². The van der Waals surface area contributed by atoms with Crippen LogP contribution in [0, 0.1) is 0 Å². The van der Waals surface area contributed by atoms with Gasteiger partial charge in [-0.2, -0.15) is 21.6 Å². The first-order valence-electron chi connectivity index (χ1n) is 12.7. The monoisotopic (exact) mass is 426 g/mol. The van der Waals surface area contributed by atoms with Gasteiger partial charge in [-0.15, -0.1) is 0 Å². The van der Waals surface area contributed by atoms with Crippen molar-refractivity contribution in [3.8, 4) is 0 Å². The highest BCUT2D eigenvalue weighted by Gasteiger charge is 2.49. The van der Waals surface area contributed by atoms with Crippen LogP contribution in [0.15, 0.2) is 59.8 Å². The van der Waals surface area contributed by atoms with Crippen molar-refractivity contribution < 1.29 is 50.5 Å². The molecular formula is C18H16F3NO5S. The molecule has 2 N–H and O–H groups in total. The van der Waals surface area contributed by atoms with Gasteiger partial charge in [0.15, 0.2) is 14.8 Å². The topological polar surface area (TPSA) is 95.7 Å². The molecule has 3 unspecified atom stereocenters. The minimum atomic E-state index is -5.35. The zero-order valence-electron chi connectivity index (χ0n) is 24.7. The van der Waals surface area contributed by atoms with Gasteiger partial charge in [0.05, 0.1) is 28.4 Å². The number of allylic oxidation sites excluding steroid dienone is 2. The fourth-order valence-corrected chi connectivity index (χ4v) is 3.03. The lowest BCUT2D eigenvalue weighted by Gasteiger charge is -2.30. The number of carbonyl (C=O) groups excluding carboxylic acids is 1. The Hall–Kier alpha value is -2.59. The standard InChI is InChI=1S/C18H16F3NO5S/c1-28(24,25)27-17(9-3-2-4-10-17)13-14(23)15(26-16(13)22)11-5-7-12(8-6-11)18(19,20)21/h2-9,15H,10,22H2,1H3/i2D,3D,4D,5D,6D,7D,8D,9D,10D/hD2. The maximum atomic E-state index is 13.7. The van der Waals surface area contributed by atoms with Gasteiger partial charge in [-0.25, -0.2) is 0 Å². The van der Waals surface area contributed by atoms with Gasteiger partial charge in [-0.1, -0.05) is 30.2 Å². The third-order valence-electron chi connectivity index (χ3n) is 3.43. The second kappa shape index (κ2) is 6.78. The van der Waals surface area contributed by atoms with Crippen molar-refractivity contribution in [2.24, 2.45) is 5.72 Å². The number of benzene rings is 1. The number of ketones is 1. The van der Waals surface area contributed by atoms with E-state index >= 15 is 0 Å². The molecule has 10 heteroatoms. The first-order valence-corrected chi connectivity index (χ1v) is 9.02. The molecule has 28 heavy (non-hydrogen) atoms. The molecule has 0 amide bonds. The van der Waals surface area contributed by atoms with Crippen LogP contribution in [0.5, 0.6) is 0 Å². The van der Waals surface area contributed by atoms with Gasteiger partial charge in [0.1, 0.15) is 5.60 Å². The molecule has 0 fully saturated rings. The number of rotatable bonds is 5. The van der Waals surface area contributed by atoms with E-state index in [4.69, 9.17) is 24.1 Å². The summed E-state index contributed by atoms with van der Waals surface area (Å²) in [6.45, 7) is 0. The van der Waals surface area contributed by atoms with Crippen LogP contribution in [0.2, 0.25) is 2.82 Å². The molecule has 0 saturated heterocycles. The molecule has 0 saturated carbocycles. The molecule has 150 valence electrons. The summed E-state index contributed by atoms with van der Waals surface area (Å²) in [6.07, 6.45) is -9.89. The van der Waals surface area contributed by atoms with Crippen molar-refractivity contribution in [1.29, 1.82) is 0 Å². The van der Waals surface area contributed by atoms with Crippen LogP contribution >= 0.6 is 0 Å². The quantitative estimate of drug-likeness (QED) is 0.728. The Labute approximate surface area is 174 Å². The molecule has 1 heterocycles. The second-order valence-corrected chi connectivity index (χ2v) is 7.09.